The van der Waals surface area contributed by atoms with Crippen LogP contribution in [0.4, 0.5) is 0 Å². The zero-order valence-corrected chi connectivity index (χ0v) is 10.2. The van der Waals surface area contributed by atoms with Gasteiger partial charge in [0, 0.05) is 3.57 Å². The molecule has 0 fully saturated rings. The van der Waals surface area contributed by atoms with Crippen molar-refractivity contribution in [1.29, 1.82) is 0 Å². The highest BCUT2D eigenvalue weighted by atomic mass is 127. The molecule has 0 aromatic heterocycles. The zero-order chi connectivity index (χ0) is 9.84. The van der Waals surface area contributed by atoms with Crippen LogP contribution in [0.15, 0.2) is 24.3 Å². The molecule has 0 aliphatic carbocycles. The molecule has 72 valence electrons. The standard InChI is InChI=1S/C11H15IO/c1-8(2)11(13)7-9-3-5-10(12)6-4-9/h3-6,8,11,13H,7H2,1-2H3. The van der Waals surface area contributed by atoms with Crippen molar-refractivity contribution in [2.45, 2.75) is 26.4 Å². The SMILES string of the molecule is CC(C)C(O)Cc1ccc(I)cc1. The van der Waals surface area contributed by atoms with Crippen molar-refractivity contribution >= 4 is 22.6 Å². The second kappa shape index (κ2) is 4.96. The molecule has 0 heterocycles. The van der Waals surface area contributed by atoms with Crippen LogP contribution in [-0.2, 0) is 6.42 Å². The van der Waals surface area contributed by atoms with Gasteiger partial charge in [-0.25, -0.2) is 0 Å². The fraction of sp³-hybridized carbons (Fsp3) is 0.455. The molecule has 2 heteroatoms. The van der Waals surface area contributed by atoms with E-state index >= 15 is 0 Å². The van der Waals surface area contributed by atoms with Gasteiger partial charge >= 0.3 is 0 Å². The van der Waals surface area contributed by atoms with Crippen LogP contribution in [0.1, 0.15) is 19.4 Å². The summed E-state index contributed by atoms with van der Waals surface area (Å²) in [6.45, 7) is 4.08. The number of hydrogen-bond acceptors (Lipinski definition) is 1. The average Bonchev–Trinajstić information content (AvgIpc) is 2.08. The average molecular weight is 290 g/mol. The van der Waals surface area contributed by atoms with Gasteiger partial charge in [-0.3, -0.25) is 0 Å². The van der Waals surface area contributed by atoms with Gasteiger partial charge in [-0.05, 0) is 52.6 Å². The second-order valence-corrected chi connectivity index (χ2v) is 4.89. The van der Waals surface area contributed by atoms with Crippen molar-refractivity contribution in [2.24, 2.45) is 5.92 Å². The van der Waals surface area contributed by atoms with Crippen LogP contribution < -0.4 is 0 Å². The minimum absolute atomic E-state index is 0.222. The summed E-state index contributed by atoms with van der Waals surface area (Å²) in [5.41, 5.74) is 1.21. The van der Waals surface area contributed by atoms with Crippen LogP contribution in [0, 0.1) is 9.49 Å². The topological polar surface area (TPSA) is 20.2 Å². The Morgan fingerprint density at radius 3 is 2.23 bits per heavy atom. The molecule has 0 aliphatic heterocycles. The third kappa shape index (κ3) is 3.65. The van der Waals surface area contributed by atoms with E-state index in [0.717, 1.165) is 6.42 Å². The van der Waals surface area contributed by atoms with Crippen molar-refractivity contribution in [3.8, 4) is 0 Å². The van der Waals surface area contributed by atoms with E-state index in [0.29, 0.717) is 5.92 Å². The third-order valence-electron chi connectivity index (χ3n) is 2.13. The predicted molar refractivity (Wildman–Crippen MR) is 63.7 cm³/mol. The largest absolute Gasteiger partial charge is 0.393 e. The number of rotatable bonds is 3. The maximum atomic E-state index is 9.65. The van der Waals surface area contributed by atoms with Gasteiger partial charge in [0.1, 0.15) is 0 Å². The minimum atomic E-state index is -0.222. The summed E-state index contributed by atoms with van der Waals surface area (Å²) in [7, 11) is 0. The highest BCUT2D eigenvalue weighted by Crippen LogP contribution is 2.12. The summed E-state index contributed by atoms with van der Waals surface area (Å²) in [6.07, 6.45) is 0.536. The Kier molecular flexibility index (Phi) is 4.19. The number of aliphatic hydroxyl groups is 1. The van der Waals surface area contributed by atoms with E-state index in [4.69, 9.17) is 0 Å². The summed E-state index contributed by atoms with van der Waals surface area (Å²) >= 11 is 2.28. The molecular weight excluding hydrogens is 275 g/mol. The smallest absolute Gasteiger partial charge is 0.0603 e. The number of halogens is 1. The van der Waals surface area contributed by atoms with E-state index in [9.17, 15) is 5.11 Å². The molecule has 1 rings (SSSR count). The molecule has 1 atom stereocenters. The molecule has 0 spiro atoms. The van der Waals surface area contributed by atoms with E-state index in [-0.39, 0.29) is 6.10 Å². The molecule has 13 heavy (non-hydrogen) atoms. The molecule has 1 aromatic rings. The summed E-state index contributed by atoms with van der Waals surface area (Å²) in [6, 6.07) is 8.30. The number of benzene rings is 1. The van der Waals surface area contributed by atoms with Crippen molar-refractivity contribution in [2.75, 3.05) is 0 Å². The Morgan fingerprint density at radius 1 is 1.23 bits per heavy atom. The molecule has 1 nitrogen and oxygen atoms in total. The molecule has 1 N–H and O–H groups in total. The van der Waals surface area contributed by atoms with Crippen LogP contribution >= 0.6 is 22.6 Å². The Labute approximate surface area is 93.3 Å². The molecule has 0 bridgehead atoms. The number of aliphatic hydroxyl groups excluding tert-OH is 1. The van der Waals surface area contributed by atoms with Crippen molar-refractivity contribution < 1.29 is 5.11 Å². The van der Waals surface area contributed by atoms with E-state index in [1.54, 1.807) is 0 Å². The van der Waals surface area contributed by atoms with Gasteiger partial charge in [-0.2, -0.15) is 0 Å². The summed E-state index contributed by atoms with van der Waals surface area (Å²) in [5, 5.41) is 9.65. The summed E-state index contributed by atoms with van der Waals surface area (Å²) in [4.78, 5) is 0. The zero-order valence-electron chi connectivity index (χ0n) is 8.00. The Balaban J connectivity index is 2.59. The molecule has 0 saturated heterocycles. The van der Waals surface area contributed by atoms with Crippen LogP contribution in [0.2, 0.25) is 0 Å². The van der Waals surface area contributed by atoms with E-state index in [1.165, 1.54) is 9.13 Å². The predicted octanol–water partition coefficient (Wildman–Crippen LogP) is 2.85. The molecule has 0 saturated carbocycles. The second-order valence-electron chi connectivity index (χ2n) is 3.64. The van der Waals surface area contributed by atoms with Gasteiger partial charge in [0.05, 0.1) is 6.10 Å². The van der Waals surface area contributed by atoms with Gasteiger partial charge in [-0.15, -0.1) is 0 Å². The first-order chi connectivity index (χ1) is 6.09. The fourth-order valence-corrected chi connectivity index (χ4v) is 1.46. The van der Waals surface area contributed by atoms with Gasteiger partial charge in [0.2, 0.25) is 0 Å². The van der Waals surface area contributed by atoms with Gasteiger partial charge in [-0.1, -0.05) is 26.0 Å². The van der Waals surface area contributed by atoms with Crippen molar-refractivity contribution in [1.82, 2.24) is 0 Å². The number of hydrogen-bond donors (Lipinski definition) is 1. The van der Waals surface area contributed by atoms with E-state index < -0.39 is 0 Å². The lowest BCUT2D eigenvalue weighted by atomic mass is 9.99. The van der Waals surface area contributed by atoms with Crippen molar-refractivity contribution in [3.05, 3.63) is 33.4 Å². The Hall–Kier alpha value is -0.0900. The minimum Gasteiger partial charge on any atom is -0.393 e. The normalized spacial score (nSPS) is 13.3. The Bertz CT molecular complexity index is 253. The summed E-state index contributed by atoms with van der Waals surface area (Å²) in [5.74, 6) is 0.333. The molecular formula is C11H15IO. The highest BCUT2D eigenvalue weighted by molar-refractivity contribution is 14.1. The quantitative estimate of drug-likeness (QED) is 0.849. The van der Waals surface area contributed by atoms with Gasteiger partial charge in [0.25, 0.3) is 0 Å². The first-order valence-corrected chi connectivity index (χ1v) is 5.60. The fourth-order valence-electron chi connectivity index (χ4n) is 1.10. The third-order valence-corrected chi connectivity index (χ3v) is 2.85. The van der Waals surface area contributed by atoms with Crippen LogP contribution in [0.3, 0.4) is 0 Å². The maximum Gasteiger partial charge on any atom is 0.0603 e. The highest BCUT2D eigenvalue weighted by Gasteiger charge is 2.09. The molecule has 1 aromatic carbocycles. The molecule has 0 radical (unpaired) electrons. The Morgan fingerprint density at radius 2 is 1.77 bits per heavy atom. The van der Waals surface area contributed by atoms with Crippen molar-refractivity contribution in [3.63, 3.8) is 0 Å². The van der Waals surface area contributed by atoms with Gasteiger partial charge < -0.3 is 5.11 Å². The first kappa shape index (κ1) is 11.0. The van der Waals surface area contributed by atoms with Crippen LogP contribution in [0.5, 0.6) is 0 Å². The molecule has 0 amide bonds. The maximum absolute atomic E-state index is 9.65. The monoisotopic (exact) mass is 290 g/mol. The molecule has 1 unspecified atom stereocenters. The van der Waals surface area contributed by atoms with Crippen LogP contribution in [0.25, 0.3) is 0 Å². The summed E-state index contributed by atoms with van der Waals surface area (Å²) < 4.78 is 1.24. The lowest BCUT2D eigenvalue weighted by Gasteiger charge is -2.13. The van der Waals surface area contributed by atoms with Gasteiger partial charge in [0.15, 0.2) is 0 Å². The molecule has 0 aliphatic rings. The lowest BCUT2D eigenvalue weighted by Crippen LogP contribution is -2.17. The lowest BCUT2D eigenvalue weighted by molar-refractivity contribution is 0.126. The van der Waals surface area contributed by atoms with E-state index in [1.807, 2.05) is 13.8 Å². The first-order valence-electron chi connectivity index (χ1n) is 4.52. The van der Waals surface area contributed by atoms with E-state index in [2.05, 4.69) is 46.9 Å². The van der Waals surface area contributed by atoms with Crippen LogP contribution in [-0.4, -0.2) is 11.2 Å².